The molecule has 0 aliphatic carbocycles. The van der Waals surface area contributed by atoms with Gasteiger partial charge >= 0.3 is 0 Å². The molecule has 1 N–H and O–H groups in total. The Hall–Kier alpha value is -0.460. The third-order valence-corrected chi connectivity index (χ3v) is 7.83. The fourth-order valence-corrected chi connectivity index (χ4v) is 5.93. The van der Waals surface area contributed by atoms with Gasteiger partial charge in [-0.25, -0.2) is 0 Å². The Morgan fingerprint density at radius 1 is 1.04 bits per heavy atom. The molecule has 0 spiro atoms. The highest BCUT2D eigenvalue weighted by molar-refractivity contribution is 8.00. The molecule has 3 aliphatic rings. The number of hydrogen-bond donors (Lipinski definition) is 1. The molecule has 6 heteroatoms. The molecule has 0 amide bonds. The fraction of sp³-hybridized carbons (Fsp3) is 0.952. The Labute approximate surface area is 171 Å². The summed E-state index contributed by atoms with van der Waals surface area (Å²) in [6.07, 6.45) is 6.64. The zero-order valence-electron chi connectivity index (χ0n) is 18.1. The zero-order valence-corrected chi connectivity index (χ0v) is 18.9. The first-order valence-electron chi connectivity index (χ1n) is 11.0. The molecule has 0 aromatic carbocycles. The molecule has 3 saturated heterocycles. The zero-order chi connectivity index (χ0) is 19.3. The number of aliphatic imine (C=N–C) groups is 1. The third kappa shape index (κ3) is 5.54. The van der Waals surface area contributed by atoms with Gasteiger partial charge in [0.2, 0.25) is 0 Å². The van der Waals surface area contributed by atoms with Crippen LogP contribution in [0.25, 0.3) is 0 Å². The first kappa shape index (κ1) is 21.3. The van der Waals surface area contributed by atoms with E-state index in [-0.39, 0.29) is 5.54 Å². The monoisotopic (exact) mass is 395 g/mol. The lowest BCUT2D eigenvalue weighted by Crippen LogP contribution is -2.59. The van der Waals surface area contributed by atoms with Crippen LogP contribution in [0.5, 0.6) is 0 Å². The second-order valence-corrected chi connectivity index (χ2v) is 11.1. The number of nitrogens with zero attached hydrogens (tertiary/aromatic N) is 4. The molecule has 3 heterocycles. The highest BCUT2D eigenvalue weighted by Gasteiger charge is 2.40. The van der Waals surface area contributed by atoms with Crippen LogP contribution in [-0.4, -0.2) is 96.1 Å². The predicted molar refractivity (Wildman–Crippen MR) is 119 cm³/mol. The molecule has 0 aromatic heterocycles. The van der Waals surface area contributed by atoms with Gasteiger partial charge in [0.15, 0.2) is 5.96 Å². The van der Waals surface area contributed by atoms with Crippen molar-refractivity contribution >= 4 is 17.7 Å². The summed E-state index contributed by atoms with van der Waals surface area (Å²) in [4.78, 5) is 13.0. The Kier molecular flexibility index (Phi) is 7.37. The average Bonchev–Trinajstić information content (AvgIpc) is 2.66. The topological polar surface area (TPSA) is 34.1 Å². The predicted octanol–water partition coefficient (Wildman–Crippen LogP) is 2.73. The van der Waals surface area contributed by atoms with Crippen molar-refractivity contribution in [1.82, 2.24) is 20.0 Å². The Balaban J connectivity index is 1.75. The van der Waals surface area contributed by atoms with Crippen LogP contribution in [-0.2, 0) is 0 Å². The summed E-state index contributed by atoms with van der Waals surface area (Å²) in [6.45, 7) is 15.9. The number of nitrogens with one attached hydrogen (secondary N) is 1. The van der Waals surface area contributed by atoms with E-state index in [4.69, 9.17) is 4.99 Å². The van der Waals surface area contributed by atoms with Crippen LogP contribution in [0.2, 0.25) is 0 Å². The van der Waals surface area contributed by atoms with Gasteiger partial charge in [0.1, 0.15) is 0 Å². The van der Waals surface area contributed by atoms with E-state index in [2.05, 4.69) is 59.6 Å². The van der Waals surface area contributed by atoms with Gasteiger partial charge in [0.05, 0.1) is 6.54 Å². The van der Waals surface area contributed by atoms with E-state index in [0.717, 1.165) is 32.1 Å². The van der Waals surface area contributed by atoms with E-state index < -0.39 is 0 Å². The van der Waals surface area contributed by atoms with Crippen molar-refractivity contribution in [1.29, 1.82) is 0 Å². The Bertz CT molecular complexity index is 493. The molecular weight excluding hydrogens is 354 g/mol. The number of likely N-dealkylation sites (tertiary alicyclic amines) is 2. The van der Waals surface area contributed by atoms with Gasteiger partial charge in [-0.15, -0.1) is 0 Å². The summed E-state index contributed by atoms with van der Waals surface area (Å²) in [7, 11) is 2.26. The first-order valence-corrected chi connectivity index (χ1v) is 12.0. The number of thioether (sulfide) groups is 1. The minimum Gasteiger partial charge on any atom is -0.357 e. The molecule has 0 radical (unpaired) electrons. The maximum absolute atomic E-state index is 5.26. The van der Waals surface area contributed by atoms with Gasteiger partial charge in [-0.3, -0.25) is 9.89 Å². The normalized spacial score (nSPS) is 27.6. The van der Waals surface area contributed by atoms with Crippen LogP contribution in [0.1, 0.15) is 52.9 Å². The molecule has 156 valence electrons. The minimum atomic E-state index is 0.271. The summed E-state index contributed by atoms with van der Waals surface area (Å²) in [6, 6.07) is 0. The molecular formula is C21H41N5S. The van der Waals surface area contributed by atoms with Crippen LogP contribution in [0.3, 0.4) is 0 Å². The van der Waals surface area contributed by atoms with Crippen molar-refractivity contribution in [3.8, 4) is 0 Å². The maximum atomic E-state index is 5.26. The fourth-order valence-electron chi connectivity index (χ4n) is 4.82. The van der Waals surface area contributed by atoms with Gasteiger partial charge in [-0.05, 0) is 79.7 Å². The Morgan fingerprint density at radius 2 is 1.74 bits per heavy atom. The molecule has 0 aromatic rings. The Morgan fingerprint density at radius 3 is 2.37 bits per heavy atom. The quantitative estimate of drug-likeness (QED) is 0.585. The minimum absolute atomic E-state index is 0.271. The lowest BCUT2D eigenvalue weighted by atomic mass is 9.84. The number of hydrogen-bond acceptors (Lipinski definition) is 4. The molecule has 0 saturated carbocycles. The van der Waals surface area contributed by atoms with Crippen molar-refractivity contribution in [3.63, 3.8) is 0 Å². The van der Waals surface area contributed by atoms with E-state index in [1.165, 1.54) is 64.0 Å². The average molecular weight is 396 g/mol. The molecule has 0 unspecified atom stereocenters. The van der Waals surface area contributed by atoms with Crippen molar-refractivity contribution in [2.45, 2.75) is 63.2 Å². The van der Waals surface area contributed by atoms with Crippen molar-refractivity contribution in [3.05, 3.63) is 0 Å². The van der Waals surface area contributed by atoms with Crippen molar-refractivity contribution in [2.24, 2.45) is 4.99 Å². The van der Waals surface area contributed by atoms with E-state index in [0.29, 0.717) is 4.75 Å². The van der Waals surface area contributed by atoms with Crippen LogP contribution in [0, 0.1) is 0 Å². The summed E-state index contributed by atoms with van der Waals surface area (Å²) in [5, 5.41) is 3.60. The number of guanidine groups is 1. The van der Waals surface area contributed by atoms with Gasteiger partial charge in [-0.1, -0.05) is 6.42 Å². The van der Waals surface area contributed by atoms with E-state index in [1.54, 1.807) is 0 Å². The summed E-state index contributed by atoms with van der Waals surface area (Å²) < 4.78 is 0.312. The number of piperidine rings is 2. The molecule has 0 atom stereocenters. The van der Waals surface area contributed by atoms with Gasteiger partial charge in [-0.2, -0.15) is 11.8 Å². The molecule has 3 rings (SSSR count). The molecule has 3 fully saturated rings. The second kappa shape index (κ2) is 9.36. The van der Waals surface area contributed by atoms with E-state index in [1.807, 2.05) is 0 Å². The largest absolute Gasteiger partial charge is 0.357 e. The smallest absolute Gasteiger partial charge is 0.194 e. The first-order chi connectivity index (χ1) is 12.9. The second-order valence-electron chi connectivity index (χ2n) is 9.28. The van der Waals surface area contributed by atoms with Crippen molar-refractivity contribution in [2.75, 3.05) is 65.2 Å². The molecule has 3 aliphatic heterocycles. The summed E-state index contributed by atoms with van der Waals surface area (Å²) in [5.41, 5.74) is 0.271. The summed E-state index contributed by atoms with van der Waals surface area (Å²) >= 11 is 2.09. The molecule has 27 heavy (non-hydrogen) atoms. The van der Waals surface area contributed by atoms with E-state index >= 15 is 0 Å². The SMILES string of the molecule is CCNC(=NCC1(N2CCCCC2)CCN(C)CC1)N1CCSC(C)(C)C1. The van der Waals surface area contributed by atoms with Crippen LogP contribution in [0.4, 0.5) is 0 Å². The summed E-state index contributed by atoms with van der Waals surface area (Å²) in [5.74, 6) is 2.33. The lowest BCUT2D eigenvalue weighted by Gasteiger charge is -2.49. The maximum Gasteiger partial charge on any atom is 0.194 e. The van der Waals surface area contributed by atoms with Crippen LogP contribution in [0.15, 0.2) is 4.99 Å². The van der Waals surface area contributed by atoms with E-state index in [9.17, 15) is 0 Å². The lowest BCUT2D eigenvalue weighted by molar-refractivity contribution is 0.0206. The van der Waals surface area contributed by atoms with Crippen LogP contribution >= 0.6 is 11.8 Å². The van der Waals surface area contributed by atoms with Crippen LogP contribution < -0.4 is 5.32 Å². The van der Waals surface area contributed by atoms with Crippen molar-refractivity contribution < 1.29 is 0 Å². The highest BCUT2D eigenvalue weighted by Crippen LogP contribution is 2.32. The molecule has 5 nitrogen and oxygen atoms in total. The molecule has 0 bridgehead atoms. The van der Waals surface area contributed by atoms with Gasteiger partial charge in [0.25, 0.3) is 0 Å². The standard InChI is InChI=1S/C21H41N5S/c1-5-22-19(25-15-16-27-20(2,3)18-25)23-17-21(9-13-24(4)14-10-21)26-11-7-6-8-12-26/h5-18H2,1-4H3,(H,22,23). The third-order valence-electron chi connectivity index (χ3n) is 6.53. The van der Waals surface area contributed by atoms with Gasteiger partial charge < -0.3 is 15.1 Å². The highest BCUT2D eigenvalue weighted by atomic mass is 32.2. The van der Waals surface area contributed by atoms with Gasteiger partial charge in [0, 0.05) is 35.7 Å². The number of rotatable bonds is 4.